The summed E-state index contributed by atoms with van der Waals surface area (Å²) in [7, 11) is 0. The van der Waals surface area contributed by atoms with Gasteiger partial charge in [-0.15, -0.1) is 0 Å². The van der Waals surface area contributed by atoms with E-state index < -0.39 is 0 Å². The van der Waals surface area contributed by atoms with Gasteiger partial charge in [0, 0.05) is 10.5 Å². The Kier molecular flexibility index (Phi) is 6.37. The van der Waals surface area contributed by atoms with Crippen LogP contribution < -0.4 is 5.32 Å². The van der Waals surface area contributed by atoms with Gasteiger partial charge in [-0.1, -0.05) is 48.8 Å². The van der Waals surface area contributed by atoms with Crippen molar-refractivity contribution in [2.24, 2.45) is 5.41 Å². The molecule has 0 aromatic heterocycles. The van der Waals surface area contributed by atoms with E-state index in [1.165, 1.54) is 22.9 Å². The number of nitrogens with one attached hydrogen (secondary N) is 1. The lowest BCUT2D eigenvalue weighted by Gasteiger charge is -2.29. The minimum Gasteiger partial charge on any atom is -0.314 e. The van der Waals surface area contributed by atoms with Gasteiger partial charge in [0.1, 0.15) is 0 Å². The Morgan fingerprint density at radius 1 is 1.33 bits per heavy atom. The predicted molar refractivity (Wildman–Crippen MR) is 84.0 cm³/mol. The summed E-state index contributed by atoms with van der Waals surface area (Å²) in [5.41, 5.74) is 1.75. The Morgan fingerprint density at radius 2 is 2.06 bits per heavy atom. The molecule has 0 heterocycles. The van der Waals surface area contributed by atoms with Crippen LogP contribution in [-0.2, 0) is 6.42 Å². The Balaban J connectivity index is 2.53. The molecule has 0 spiro atoms. The van der Waals surface area contributed by atoms with E-state index in [4.69, 9.17) is 0 Å². The van der Waals surface area contributed by atoms with Crippen molar-refractivity contribution in [1.82, 2.24) is 5.32 Å². The third kappa shape index (κ3) is 6.01. The molecule has 0 radical (unpaired) electrons. The van der Waals surface area contributed by atoms with Crippen LogP contribution >= 0.6 is 15.9 Å². The van der Waals surface area contributed by atoms with E-state index in [1.54, 1.807) is 0 Å². The molecule has 1 unspecified atom stereocenters. The van der Waals surface area contributed by atoms with Crippen molar-refractivity contribution in [3.63, 3.8) is 0 Å². The molecule has 0 fully saturated rings. The summed E-state index contributed by atoms with van der Waals surface area (Å²) in [6.45, 7) is 10.3. The number of halogens is 1. The van der Waals surface area contributed by atoms with Crippen LogP contribution in [0.2, 0.25) is 0 Å². The molecule has 1 nitrogen and oxygen atoms in total. The third-order valence-corrected chi connectivity index (χ3v) is 3.67. The number of hydrogen-bond donors (Lipinski definition) is 1. The third-order valence-electron chi connectivity index (χ3n) is 3.17. The molecular weight excluding hydrogens is 286 g/mol. The maximum absolute atomic E-state index is 3.58. The minimum atomic E-state index is 0.334. The largest absolute Gasteiger partial charge is 0.314 e. The van der Waals surface area contributed by atoms with Crippen LogP contribution in [0.1, 0.15) is 46.1 Å². The van der Waals surface area contributed by atoms with Crippen LogP contribution in [0, 0.1) is 5.41 Å². The Labute approximate surface area is 120 Å². The lowest BCUT2D eigenvalue weighted by Crippen LogP contribution is -2.32. The molecule has 0 aliphatic rings. The van der Waals surface area contributed by atoms with Crippen LogP contribution in [0.5, 0.6) is 0 Å². The zero-order valence-electron chi connectivity index (χ0n) is 12.1. The van der Waals surface area contributed by atoms with Crippen LogP contribution in [0.15, 0.2) is 28.7 Å². The normalized spacial score (nSPS) is 13.6. The summed E-state index contributed by atoms with van der Waals surface area (Å²) >= 11 is 3.54. The first-order valence-electron chi connectivity index (χ1n) is 6.91. The molecule has 2 heteroatoms. The quantitative estimate of drug-likeness (QED) is 0.763. The monoisotopic (exact) mass is 311 g/mol. The topological polar surface area (TPSA) is 12.0 Å². The fraction of sp³-hybridized carbons (Fsp3) is 0.625. The lowest BCUT2D eigenvalue weighted by atomic mass is 9.80. The van der Waals surface area contributed by atoms with E-state index in [-0.39, 0.29) is 0 Å². The lowest BCUT2D eigenvalue weighted by molar-refractivity contribution is 0.287. The molecule has 0 amide bonds. The first-order valence-corrected chi connectivity index (χ1v) is 7.70. The van der Waals surface area contributed by atoms with Gasteiger partial charge in [0.15, 0.2) is 0 Å². The van der Waals surface area contributed by atoms with E-state index in [2.05, 4.69) is 73.2 Å². The summed E-state index contributed by atoms with van der Waals surface area (Å²) in [5, 5.41) is 3.58. The van der Waals surface area contributed by atoms with Crippen LogP contribution in [-0.4, -0.2) is 12.6 Å². The van der Waals surface area contributed by atoms with E-state index in [1.807, 2.05) is 0 Å². The van der Waals surface area contributed by atoms with Crippen molar-refractivity contribution in [3.05, 3.63) is 34.3 Å². The second-order valence-electron chi connectivity index (χ2n) is 6.03. The highest BCUT2D eigenvalue weighted by Crippen LogP contribution is 2.28. The van der Waals surface area contributed by atoms with Gasteiger partial charge >= 0.3 is 0 Å². The first-order chi connectivity index (χ1) is 8.43. The first kappa shape index (κ1) is 15.7. The highest BCUT2D eigenvalue weighted by Gasteiger charge is 2.21. The van der Waals surface area contributed by atoms with Crippen LogP contribution in [0.3, 0.4) is 0 Å². The highest BCUT2D eigenvalue weighted by molar-refractivity contribution is 9.10. The highest BCUT2D eigenvalue weighted by atomic mass is 79.9. The van der Waals surface area contributed by atoms with Gasteiger partial charge in [-0.05, 0) is 55.8 Å². The second-order valence-corrected chi connectivity index (χ2v) is 6.95. The molecule has 0 saturated carbocycles. The number of hydrogen-bond acceptors (Lipinski definition) is 1. The van der Waals surface area contributed by atoms with Gasteiger partial charge in [0.05, 0.1) is 0 Å². The van der Waals surface area contributed by atoms with Gasteiger partial charge in [-0.3, -0.25) is 0 Å². The second kappa shape index (κ2) is 7.30. The summed E-state index contributed by atoms with van der Waals surface area (Å²) < 4.78 is 1.17. The average molecular weight is 312 g/mol. The molecule has 0 aliphatic carbocycles. The van der Waals surface area contributed by atoms with Crippen molar-refractivity contribution in [2.75, 3.05) is 6.54 Å². The fourth-order valence-corrected chi connectivity index (χ4v) is 3.01. The molecule has 1 N–H and O–H groups in total. The SMILES string of the molecule is CCCNC(C)CC(C)(C)Cc1cccc(Br)c1. The molecule has 1 aromatic carbocycles. The van der Waals surface area contributed by atoms with Crippen molar-refractivity contribution in [3.8, 4) is 0 Å². The van der Waals surface area contributed by atoms with Gasteiger partial charge in [-0.2, -0.15) is 0 Å². The molecule has 1 aromatic rings. The zero-order chi connectivity index (χ0) is 13.6. The van der Waals surface area contributed by atoms with E-state index in [0.29, 0.717) is 11.5 Å². The predicted octanol–water partition coefficient (Wildman–Crippen LogP) is 4.80. The van der Waals surface area contributed by atoms with Gasteiger partial charge in [0.2, 0.25) is 0 Å². The Hall–Kier alpha value is -0.340. The molecule has 0 aliphatic heterocycles. The summed E-state index contributed by atoms with van der Waals surface area (Å²) in [5.74, 6) is 0. The van der Waals surface area contributed by atoms with Crippen LogP contribution in [0.4, 0.5) is 0 Å². The molecular formula is C16H26BrN. The smallest absolute Gasteiger partial charge is 0.0177 e. The maximum Gasteiger partial charge on any atom is 0.0177 e. The summed E-state index contributed by atoms with van der Waals surface area (Å²) in [6, 6.07) is 9.24. The summed E-state index contributed by atoms with van der Waals surface area (Å²) in [6.07, 6.45) is 3.54. The molecule has 1 atom stereocenters. The molecule has 1 rings (SSSR count). The molecule has 0 saturated heterocycles. The average Bonchev–Trinajstić information content (AvgIpc) is 2.24. The standard InChI is InChI=1S/C16H26BrN/c1-5-9-18-13(2)11-16(3,4)12-14-7-6-8-15(17)10-14/h6-8,10,13,18H,5,9,11-12H2,1-4H3. The molecule has 18 heavy (non-hydrogen) atoms. The number of benzene rings is 1. The molecule has 0 bridgehead atoms. The van der Waals surface area contributed by atoms with Crippen LogP contribution in [0.25, 0.3) is 0 Å². The Bertz CT molecular complexity index is 360. The van der Waals surface area contributed by atoms with Crippen molar-refractivity contribution >= 4 is 15.9 Å². The van der Waals surface area contributed by atoms with Crippen molar-refractivity contribution in [2.45, 2.75) is 53.0 Å². The van der Waals surface area contributed by atoms with Gasteiger partial charge in [-0.25, -0.2) is 0 Å². The zero-order valence-corrected chi connectivity index (χ0v) is 13.7. The summed E-state index contributed by atoms with van der Waals surface area (Å²) in [4.78, 5) is 0. The van der Waals surface area contributed by atoms with E-state index in [9.17, 15) is 0 Å². The number of rotatable bonds is 7. The van der Waals surface area contributed by atoms with E-state index >= 15 is 0 Å². The maximum atomic E-state index is 3.58. The minimum absolute atomic E-state index is 0.334. The van der Waals surface area contributed by atoms with Crippen molar-refractivity contribution < 1.29 is 0 Å². The van der Waals surface area contributed by atoms with E-state index in [0.717, 1.165) is 13.0 Å². The van der Waals surface area contributed by atoms with Crippen molar-refractivity contribution in [1.29, 1.82) is 0 Å². The fourth-order valence-electron chi connectivity index (χ4n) is 2.56. The van der Waals surface area contributed by atoms with Gasteiger partial charge in [0.25, 0.3) is 0 Å². The Morgan fingerprint density at radius 3 is 2.67 bits per heavy atom. The molecule has 102 valence electrons. The van der Waals surface area contributed by atoms with Gasteiger partial charge < -0.3 is 5.32 Å².